The lowest BCUT2D eigenvalue weighted by Gasteiger charge is -2.18. The highest BCUT2D eigenvalue weighted by molar-refractivity contribution is 7.98. The van der Waals surface area contributed by atoms with Gasteiger partial charge in [-0.15, -0.1) is 11.8 Å². The molecule has 0 aliphatic rings. The predicted molar refractivity (Wildman–Crippen MR) is 91.9 cm³/mol. The second kappa shape index (κ2) is 9.97. The largest absolute Gasteiger partial charge is 0.467 e. The van der Waals surface area contributed by atoms with Crippen LogP contribution in [0.4, 0.5) is 0 Å². The molecule has 0 saturated heterocycles. The standard InChI is InChI=1S/C17H23NO5S/c1-11(2)9-13(17(21)22-3)18-15(19)10-23-16(20)12-7-5-6-8-14(12)24-4/h5-8,11,13H,9-10H2,1-4H3,(H,18,19)/t13-/m0/s1. The van der Waals surface area contributed by atoms with Crippen LogP contribution in [-0.4, -0.2) is 43.9 Å². The number of carbonyl (C=O) groups excluding carboxylic acids is 3. The molecule has 0 aromatic heterocycles. The molecule has 1 atom stereocenters. The van der Waals surface area contributed by atoms with Crippen LogP contribution in [0.25, 0.3) is 0 Å². The van der Waals surface area contributed by atoms with E-state index >= 15 is 0 Å². The van der Waals surface area contributed by atoms with Crippen LogP contribution in [0.5, 0.6) is 0 Å². The van der Waals surface area contributed by atoms with Gasteiger partial charge in [0.15, 0.2) is 6.61 Å². The van der Waals surface area contributed by atoms with E-state index in [9.17, 15) is 14.4 Å². The average molecular weight is 353 g/mol. The molecule has 0 aliphatic heterocycles. The van der Waals surface area contributed by atoms with Crippen molar-refractivity contribution in [1.29, 1.82) is 0 Å². The molecule has 0 unspecified atom stereocenters. The van der Waals surface area contributed by atoms with E-state index in [-0.39, 0.29) is 5.92 Å². The molecule has 1 N–H and O–H groups in total. The van der Waals surface area contributed by atoms with Crippen LogP contribution < -0.4 is 5.32 Å². The van der Waals surface area contributed by atoms with Crippen molar-refractivity contribution in [2.24, 2.45) is 5.92 Å². The molecule has 1 aromatic rings. The van der Waals surface area contributed by atoms with Crippen LogP contribution in [0.2, 0.25) is 0 Å². The molecule has 6 nitrogen and oxygen atoms in total. The van der Waals surface area contributed by atoms with Crippen LogP contribution in [-0.2, 0) is 19.1 Å². The number of carbonyl (C=O) groups is 3. The maximum Gasteiger partial charge on any atom is 0.339 e. The van der Waals surface area contributed by atoms with E-state index in [1.807, 2.05) is 26.2 Å². The first-order chi connectivity index (χ1) is 11.4. The Kier molecular flexibility index (Phi) is 8.32. The van der Waals surface area contributed by atoms with E-state index in [0.717, 1.165) is 4.90 Å². The lowest BCUT2D eigenvalue weighted by Crippen LogP contribution is -2.44. The predicted octanol–water partition coefficient (Wildman–Crippen LogP) is 2.27. The Hall–Kier alpha value is -2.02. The fraction of sp³-hybridized carbons (Fsp3) is 0.471. The number of thioether (sulfide) groups is 1. The van der Waals surface area contributed by atoms with Crippen LogP contribution in [0.1, 0.15) is 30.6 Å². The molecule has 0 bridgehead atoms. The Morgan fingerprint density at radius 1 is 1.21 bits per heavy atom. The van der Waals surface area contributed by atoms with Gasteiger partial charge in [0.25, 0.3) is 5.91 Å². The summed E-state index contributed by atoms with van der Waals surface area (Å²) in [6, 6.07) is 6.24. The summed E-state index contributed by atoms with van der Waals surface area (Å²) in [7, 11) is 1.27. The summed E-state index contributed by atoms with van der Waals surface area (Å²) in [4.78, 5) is 36.5. The van der Waals surface area contributed by atoms with Crippen LogP contribution in [0.3, 0.4) is 0 Å². The normalized spacial score (nSPS) is 11.7. The summed E-state index contributed by atoms with van der Waals surface area (Å²) in [6.07, 6.45) is 2.30. The highest BCUT2D eigenvalue weighted by atomic mass is 32.2. The van der Waals surface area contributed by atoms with Gasteiger partial charge in [-0.05, 0) is 30.7 Å². The second-order valence-corrected chi connectivity index (χ2v) is 6.40. The summed E-state index contributed by atoms with van der Waals surface area (Å²) in [5.74, 6) is -1.43. The fourth-order valence-corrected chi connectivity index (χ4v) is 2.67. The van der Waals surface area contributed by atoms with Crippen molar-refractivity contribution in [2.45, 2.75) is 31.2 Å². The summed E-state index contributed by atoms with van der Waals surface area (Å²) in [6.45, 7) is 3.41. The number of amides is 1. The van der Waals surface area contributed by atoms with Gasteiger partial charge >= 0.3 is 11.9 Å². The first-order valence-corrected chi connectivity index (χ1v) is 8.78. The number of hydrogen-bond acceptors (Lipinski definition) is 6. The Morgan fingerprint density at radius 2 is 1.88 bits per heavy atom. The maximum absolute atomic E-state index is 12.1. The third-order valence-electron chi connectivity index (χ3n) is 3.19. The summed E-state index contributed by atoms with van der Waals surface area (Å²) >= 11 is 1.42. The molecule has 7 heteroatoms. The first kappa shape index (κ1) is 20.0. The molecule has 0 fully saturated rings. The Labute approximate surface area is 146 Å². The molecule has 24 heavy (non-hydrogen) atoms. The molecule has 0 aliphatic carbocycles. The van der Waals surface area contributed by atoms with Crippen molar-refractivity contribution in [3.8, 4) is 0 Å². The SMILES string of the molecule is COC(=O)[C@H](CC(C)C)NC(=O)COC(=O)c1ccccc1SC. The van der Waals surface area contributed by atoms with Crippen molar-refractivity contribution in [3.05, 3.63) is 29.8 Å². The van der Waals surface area contributed by atoms with E-state index in [1.54, 1.807) is 18.2 Å². The monoisotopic (exact) mass is 353 g/mol. The number of benzene rings is 1. The molecule has 0 heterocycles. The molecular formula is C17H23NO5S. The fourth-order valence-electron chi connectivity index (χ4n) is 2.09. The van der Waals surface area contributed by atoms with Gasteiger partial charge in [-0.3, -0.25) is 4.79 Å². The van der Waals surface area contributed by atoms with Gasteiger partial charge in [0, 0.05) is 4.90 Å². The van der Waals surface area contributed by atoms with E-state index in [2.05, 4.69) is 10.1 Å². The van der Waals surface area contributed by atoms with Gasteiger partial charge in [0.05, 0.1) is 12.7 Å². The highest BCUT2D eigenvalue weighted by Gasteiger charge is 2.23. The minimum Gasteiger partial charge on any atom is -0.467 e. The Balaban J connectivity index is 2.61. The maximum atomic E-state index is 12.1. The molecular weight excluding hydrogens is 330 g/mol. The van der Waals surface area contributed by atoms with Crippen molar-refractivity contribution in [3.63, 3.8) is 0 Å². The molecule has 1 rings (SSSR count). The topological polar surface area (TPSA) is 81.7 Å². The lowest BCUT2D eigenvalue weighted by atomic mass is 10.0. The van der Waals surface area contributed by atoms with Gasteiger partial charge in [-0.25, -0.2) is 9.59 Å². The van der Waals surface area contributed by atoms with Crippen molar-refractivity contribution in [2.75, 3.05) is 20.0 Å². The third-order valence-corrected chi connectivity index (χ3v) is 3.99. The van der Waals surface area contributed by atoms with Gasteiger partial charge in [-0.2, -0.15) is 0 Å². The highest BCUT2D eigenvalue weighted by Crippen LogP contribution is 2.20. The van der Waals surface area contributed by atoms with E-state index in [1.165, 1.54) is 18.9 Å². The minimum atomic E-state index is -0.750. The molecule has 1 amide bonds. The van der Waals surface area contributed by atoms with Crippen molar-refractivity contribution >= 4 is 29.6 Å². The second-order valence-electron chi connectivity index (χ2n) is 5.55. The van der Waals surface area contributed by atoms with Gasteiger partial charge in [0.2, 0.25) is 0 Å². The zero-order chi connectivity index (χ0) is 18.1. The van der Waals surface area contributed by atoms with E-state index in [0.29, 0.717) is 12.0 Å². The summed E-state index contributed by atoms with van der Waals surface area (Å²) in [5, 5.41) is 2.54. The van der Waals surface area contributed by atoms with E-state index < -0.39 is 30.5 Å². The van der Waals surface area contributed by atoms with Gasteiger partial charge < -0.3 is 14.8 Å². The van der Waals surface area contributed by atoms with Crippen LogP contribution in [0.15, 0.2) is 29.2 Å². The number of methoxy groups -OCH3 is 1. The Morgan fingerprint density at radius 3 is 2.46 bits per heavy atom. The third kappa shape index (κ3) is 6.23. The lowest BCUT2D eigenvalue weighted by molar-refractivity contribution is -0.145. The number of esters is 2. The summed E-state index contributed by atoms with van der Waals surface area (Å²) < 4.78 is 9.71. The minimum absolute atomic E-state index is 0.199. The van der Waals surface area contributed by atoms with Gasteiger partial charge in [-0.1, -0.05) is 26.0 Å². The molecule has 1 aromatic carbocycles. The quantitative estimate of drug-likeness (QED) is 0.570. The van der Waals surface area contributed by atoms with Crippen molar-refractivity contribution < 1.29 is 23.9 Å². The molecule has 0 spiro atoms. The smallest absolute Gasteiger partial charge is 0.339 e. The number of ether oxygens (including phenoxy) is 2. The number of nitrogens with one attached hydrogen (secondary N) is 1. The zero-order valence-corrected chi connectivity index (χ0v) is 15.1. The zero-order valence-electron chi connectivity index (χ0n) is 14.3. The number of rotatable bonds is 8. The Bertz CT molecular complexity index is 588. The summed E-state index contributed by atoms with van der Waals surface area (Å²) in [5.41, 5.74) is 0.407. The molecule has 0 saturated carbocycles. The van der Waals surface area contributed by atoms with E-state index in [4.69, 9.17) is 4.74 Å². The van der Waals surface area contributed by atoms with Gasteiger partial charge in [0.1, 0.15) is 6.04 Å². The van der Waals surface area contributed by atoms with Crippen LogP contribution >= 0.6 is 11.8 Å². The average Bonchev–Trinajstić information content (AvgIpc) is 2.57. The first-order valence-electron chi connectivity index (χ1n) is 7.56. The van der Waals surface area contributed by atoms with Crippen LogP contribution in [0, 0.1) is 5.92 Å². The van der Waals surface area contributed by atoms with Crippen molar-refractivity contribution in [1.82, 2.24) is 5.32 Å². The molecule has 132 valence electrons. The number of hydrogen-bond donors (Lipinski definition) is 1. The molecule has 0 radical (unpaired) electrons.